The van der Waals surface area contributed by atoms with Crippen LogP contribution in [0.2, 0.25) is 0 Å². The number of Topliss-reactive ketones (excluding diaryl/α,β-unsaturated/α-hetero) is 1. The number of aliphatic hydroxyl groups is 1. The lowest BCUT2D eigenvalue weighted by Gasteiger charge is -2.27. The van der Waals surface area contributed by atoms with Crippen molar-refractivity contribution in [2.75, 3.05) is 16.7 Å². The molecule has 10 heteroatoms. The second-order valence-electron chi connectivity index (χ2n) is 8.82. The molecule has 1 aromatic heterocycles. The average Bonchev–Trinajstić information content (AvgIpc) is 3.20. The van der Waals surface area contributed by atoms with Crippen LogP contribution in [-0.4, -0.2) is 40.8 Å². The lowest BCUT2D eigenvalue weighted by atomic mass is 9.86. The molecule has 2 heterocycles. The number of nitrogens with one attached hydrogen (secondary N) is 1. The second-order valence-corrected chi connectivity index (χ2v) is 11.2. The van der Waals surface area contributed by atoms with Crippen LogP contribution in [0.5, 0.6) is 0 Å². The van der Waals surface area contributed by atoms with Gasteiger partial charge < -0.3 is 14.4 Å². The van der Waals surface area contributed by atoms with Gasteiger partial charge in [0, 0.05) is 48.2 Å². The molecule has 2 aromatic rings. The van der Waals surface area contributed by atoms with Crippen LogP contribution in [0.25, 0.3) is 0 Å². The van der Waals surface area contributed by atoms with Crippen LogP contribution < -0.4 is 4.72 Å². The molecule has 4 rings (SSSR count). The number of ketones is 1. The van der Waals surface area contributed by atoms with Gasteiger partial charge in [0.25, 0.3) is 10.0 Å². The first kappa shape index (κ1) is 24.5. The minimum atomic E-state index is -3.83. The van der Waals surface area contributed by atoms with Gasteiger partial charge in [0.1, 0.15) is 23.9 Å². The summed E-state index contributed by atoms with van der Waals surface area (Å²) in [5, 5.41) is 11.6. The van der Waals surface area contributed by atoms with Gasteiger partial charge in [0.05, 0.1) is 11.7 Å². The number of nitrogens with zero attached hydrogens (tertiary/aromatic N) is 2. The quantitative estimate of drug-likeness (QED) is 0.428. The van der Waals surface area contributed by atoms with Crippen molar-refractivity contribution in [1.29, 1.82) is 0 Å². The molecule has 0 bridgehead atoms. The molecule has 0 radical (unpaired) electrons. The monoisotopic (exact) mass is 549 g/mol. The number of alkyl halides is 1. The second kappa shape index (κ2) is 9.58. The zero-order valence-electron chi connectivity index (χ0n) is 19.1. The van der Waals surface area contributed by atoms with E-state index in [9.17, 15) is 18.3 Å². The predicted octanol–water partition coefficient (Wildman–Crippen LogP) is 4.26. The van der Waals surface area contributed by atoms with Crippen molar-refractivity contribution in [2.24, 2.45) is 18.4 Å². The van der Waals surface area contributed by atoms with Crippen LogP contribution in [0, 0.1) is 11.3 Å². The van der Waals surface area contributed by atoms with Crippen molar-refractivity contribution < 1.29 is 23.1 Å². The van der Waals surface area contributed by atoms with E-state index >= 15 is 0 Å². The van der Waals surface area contributed by atoms with Gasteiger partial charge in [-0.25, -0.2) is 4.98 Å². The zero-order chi connectivity index (χ0) is 24.5. The molecule has 1 aliphatic heterocycles. The van der Waals surface area contributed by atoms with Crippen LogP contribution in [0.4, 0.5) is 5.69 Å². The van der Waals surface area contributed by atoms with E-state index < -0.39 is 15.4 Å². The number of hydrogen-bond donors (Lipinski definition) is 2. The van der Waals surface area contributed by atoms with Crippen LogP contribution in [0.3, 0.4) is 0 Å². The van der Waals surface area contributed by atoms with Gasteiger partial charge in [-0.15, -0.1) is 0 Å². The molecule has 34 heavy (non-hydrogen) atoms. The van der Waals surface area contributed by atoms with E-state index in [1.54, 1.807) is 35.9 Å². The molecule has 0 spiro atoms. The van der Waals surface area contributed by atoms with Crippen LogP contribution in [0.1, 0.15) is 31.7 Å². The smallest absolute Gasteiger partial charge is 0.280 e. The van der Waals surface area contributed by atoms with Crippen molar-refractivity contribution in [2.45, 2.75) is 37.6 Å². The highest BCUT2D eigenvalue weighted by Crippen LogP contribution is 2.52. The summed E-state index contributed by atoms with van der Waals surface area (Å²) in [6.45, 7) is 2.25. The summed E-state index contributed by atoms with van der Waals surface area (Å²) in [6.07, 6.45) is 6.96. The molecule has 2 atom stereocenters. The fourth-order valence-corrected chi connectivity index (χ4v) is 5.98. The number of carbonyl (C=O) groups excluding carboxylic acids is 1. The van der Waals surface area contributed by atoms with Crippen LogP contribution in [0.15, 0.2) is 65.0 Å². The van der Waals surface area contributed by atoms with Crippen molar-refractivity contribution in [1.82, 2.24) is 9.55 Å². The molecular formula is C24H28BrN3O5S. The van der Waals surface area contributed by atoms with Crippen LogP contribution >= 0.6 is 15.9 Å². The molecule has 182 valence electrons. The van der Waals surface area contributed by atoms with E-state index in [-0.39, 0.29) is 29.1 Å². The topological polar surface area (TPSA) is 111 Å². The van der Waals surface area contributed by atoms with Gasteiger partial charge in [0.2, 0.25) is 0 Å². The maximum Gasteiger partial charge on any atom is 0.280 e. The maximum atomic E-state index is 12.6. The SMILES string of the molecule is CCC(CCBr)C1=CC(O)=C(C2(Cc3cccc(NS(=O)(=O)c4cn(C)cn4)c3)CC2=O)CO1. The number of imidazole rings is 1. The number of ether oxygens (including phenoxy) is 1. The number of sulfonamides is 1. The summed E-state index contributed by atoms with van der Waals surface area (Å²) < 4.78 is 35.3. The first-order valence-corrected chi connectivity index (χ1v) is 13.7. The van der Waals surface area contributed by atoms with Gasteiger partial charge in [-0.3, -0.25) is 9.52 Å². The molecule has 0 amide bonds. The highest BCUT2D eigenvalue weighted by Gasteiger charge is 2.57. The van der Waals surface area contributed by atoms with Gasteiger partial charge in [0.15, 0.2) is 5.03 Å². The molecule has 1 fully saturated rings. The lowest BCUT2D eigenvalue weighted by Crippen LogP contribution is -2.23. The molecule has 1 saturated carbocycles. The molecule has 1 aliphatic carbocycles. The van der Waals surface area contributed by atoms with Crippen molar-refractivity contribution in [3.05, 3.63) is 65.5 Å². The molecule has 2 aliphatic rings. The molecule has 2 N–H and O–H groups in total. The summed E-state index contributed by atoms with van der Waals surface area (Å²) in [5.41, 5.74) is 0.941. The Morgan fingerprint density at radius 2 is 2.15 bits per heavy atom. The van der Waals surface area contributed by atoms with E-state index in [0.29, 0.717) is 24.1 Å². The van der Waals surface area contributed by atoms with Crippen molar-refractivity contribution >= 4 is 37.4 Å². The van der Waals surface area contributed by atoms with Gasteiger partial charge in [-0.2, -0.15) is 8.42 Å². The van der Waals surface area contributed by atoms with Crippen LogP contribution in [-0.2, 0) is 33.0 Å². The lowest BCUT2D eigenvalue weighted by molar-refractivity contribution is -0.112. The molecule has 2 unspecified atom stereocenters. The number of aryl methyl sites for hydroxylation is 1. The first-order valence-electron chi connectivity index (χ1n) is 11.1. The van der Waals surface area contributed by atoms with Gasteiger partial charge in [-0.1, -0.05) is 35.0 Å². The van der Waals surface area contributed by atoms with E-state index in [1.165, 1.54) is 12.5 Å². The molecule has 8 nitrogen and oxygen atoms in total. The fraction of sp³-hybridized carbons (Fsp3) is 0.417. The Balaban J connectivity index is 1.55. The number of aromatic nitrogens is 2. The number of allylic oxidation sites excluding steroid dienone is 2. The Morgan fingerprint density at radius 3 is 2.74 bits per heavy atom. The summed E-state index contributed by atoms with van der Waals surface area (Å²) in [6, 6.07) is 6.94. The number of rotatable bonds is 10. The Hall–Kier alpha value is -2.59. The number of halogens is 1. The highest BCUT2D eigenvalue weighted by atomic mass is 79.9. The maximum absolute atomic E-state index is 12.6. The Morgan fingerprint density at radius 1 is 1.38 bits per heavy atom. The summed E-state index contributed by atoms with van der Waals surface area (Å²) in [5.74, 6) is 1.10. The summed E-state index contributed by atoms with van der Waals surface area (Å²) in [7, 11) is -2.13. The van der Waals surface area contributed by atoms with Crippen molar-refractivity contribution in [3.63, 3.8) is 0 Å². The third-order valence-corrected chi connectivity index (χ3v) is 8.14. The van der Waals surface area contributed by atoms with E-state index in [0.717, 1.165) is 29.5 Å². The van der Waals surface area contributed by atoms with E-state index in [4.69, 9.17) is 4.74 Å². The number of hydrogen-bond acceptors (Lipinski definition) is 6. The minimum absolute atomic E-state index is 0.0430. The number of benzene rings is 1. The van der Waals surface area contributed by atoms with E-state index in [2.05, 4.69) is 32.6 Å². The van der Waals surface area contributed by atoms with Gasteiger partial charge in [-0.05, 0) is 37.0 Å². The third kappa shape index (κ3) is 4.93. The standard InChI is InChI=1S/C24H28BrN3O5S/c1-3-17(7-8-25)21-10-20(29)19(14-33-21)24(12-22(24)30)11-16-5-4-6-18(9-16)27-34(31,32)23-13-28(2)15-26-23/h4-6,9-10,13,15,17,27,29H,3,7-8,11-12,14H2,1-2H3. The van der Waals surface area contributed by atoms with Crippen molar-refractivity contribution in [3.8, 4) is 0 Å². The minimum Gasteiger partial charge on any atom is -0.508 e. The third-order valence-electron chi connectivity index (χ3n) is 6.41. The molecule has 1 aromatic carbocycles. The van der Waals surface area contributed by atoms with E-state index in [1.807, 2.05) is 6.07 Å². The largest absolute Gasteiger partial charge is 0.508 e. The fourth-order valence-electron chi connectivity index (χ4n) is 4.39. The number of carbonyl (C=O) groups is 1. The summed E-state index contributed by atoms with van der Waals surface area (Å²) in [4.78, 5) is 16.5. The Bertz CT molecular complexity index is 1270. The Kier molecular flexibility index (Phi) is 6.91. The molecule has 0 saturated heterocycles. The predicted molar refractivity (Wildman–Crippen MR) is 132 cm³/mol. The molecular weight excluding hydrogens is 522 g/mol. The normalized spacial score (nSPS) is 21.1. The Labute approximate surface area is 207 Å². The summed E-state index contributed by atoms with van der Waals surface area (Å²) >= 11 is 3.46. The number of anilines is 1. The zero-order valence-corrected chi connectivity index (χ0v) is 21.5. The van der Waals surface area contributed by atoms with Gasteiger partial charge >= 0.3 is 0 Å². The highest BCUT2D eigenvalue weighted by molar-refractivity contribution is 9.09. The first-order chi connectivity index (χ1) is 16.2. The number of aliphatic hydroxyl groups excluding tert-OH is 1. The average molecular weight is 550 g/mol.